The van der Waals surface area contributed by atoms with Crippen LogP contribution in [0, 0.1) is 10.1 Å². The maximum atomic E-state index is 13.8. The highest BCUT2D eigenvalue weighted by atomic mass is 16.6. The van der Waals surface area contributed by atoms with Crippen LogP contribution in [0.5, 0.6) is 0 Å². The summed E-state index contributed by atoms with van der Waals surface area (Å²) in [6.45, 7) is 3.66. The predicted molar refractivity (Wildman–Crippen MR) is 129 cm³/mol. The molecule has 1 heterocycles. The number of piperazine rings is 1. The van der Waals surface area contributed by atoms with E-state index in [1.165, 1.54) is 24.1 Å². The van der Waals surface area contributed by atoms with Gasteiger partial charge < -0.3 is 14.7 Å². The lowest BCUT2D eigenvalue weighted by Crippen LogP contribution is -2.48. The molecule has 178 valence electrons. The number of fused-ring (bicyclic) bond motifs is 1. The van der Waals surface area contributed by atoms with Gasteiger partial charge in [-0.1, -0.05) is 24.3 Å². The fraction of sp³-hybridized carbons (Fsp3) is 0.462. The van der Waals surface area contributed by atoms with Gasteiger partial charge in [-0.25, -0.2) is 0 Å². The first-order valence-corrected chi connectivity index (χ1v) is 12.1. The highest BCUT2D eigenvalue weighted by molar-refractivity contribution is 5.96. The summed E-state index contributed by atoms with van der Waals surface area (Å²) >= 11 is 0. The first kappa shape index (κ1) is 22.4. The summed E-state index contributed by atoms with van der Waals surface area (Å²) in [5, 5.41) is 12.0. The third kappa shape index (κ3) is 4.24. The molecule has 2 fully saturated rings. The number of hydrogen-bond acceptors (Lipinski definition) is 5. The minimum Gasteiger partial charge on any atom is -0.362 e. The van der Waals surface area contributed by atoms with Gasteiger partial charge in [0.2, 0.25) is 5.91 Å². The van der Waals surface area contributed by atoms with Crippen molar-refractivity contribution in [1.82, 2.24) is 9.80 Å². The van der Waals surface area contributed by atoms with E-state index in [1.54, 1.807) is 17.0 Å². The smallest absolute Gasteiger partial charge is 0.293 e. The highest BCUT2D eigenvalue weighted by Gasteiger charge is 2.40. The number of amides is 2. The Bertz CT molecular complexity index is 1120. The molecule has 5 rings (SSSR count). The molecule has 2 aliphatic carbocycles. The van der Waals surface area contributed by atoms with Gasteiger partial charge >= 0.3 is 0 Å². The van der Waals surface area contributed by atoms with E-state index in [0.717, 1.165) is 32.1 Å². The Labute approximate surface area is 199 Å². The molecule has 0 spiro atoms. The molecule has 1 saturated heterocycles. The van der Waals surface area contributed by atoms with Crippen LogP contribution in [-0.4, -0.2) is 58.8 Å². The Kier molecular flexibility index (Phi) is 5.98. The normalized spacial score (nSPS) is 20.0. The lowest BCUT2D eigenvalue weighted by molar-refractivity contribution is -0.384. The number of carbonyl (C=O) groups excluding carboxylic acids is 2. The summed E-state index contributed by atoms with van der Waals surface area (Å²) in [7, 11) is 0. The number of rotatable bonds is 5. The second-order valence-corrected chi connectivity index (χ2v) is 9.50. The molecule has 0 radical (unpaired) electrons. The molecule has 1 aliphatic heterocycles. The maximum Gasteiger partial charge on any atom is 0.293 e. The van der Waals surface area contributed by atoms with Gasteiger partial charge in [0.1, 0.15) is 5.69 Å². The van der Waals surface area contributed by atoms with Crippen molar-refractivity contribution in [2.75, 3.05) is 31.1 Å². The second kappa shape index (κ2) is 9.08. The molecule has 0 aromatic heterocycles. The zero-order chi connectivity index (χ0) is 23.8. The van der Waals surface area contributed by atoms with Crippen molar-refractivity contribution in [2.24, 2.45) is 0 Å². The van der Waals surface area contributed by atoms with Crippen molar-refractivity contribution >= 4 is 23.2 Å². The average molecular weight is 463 g/mol. The first-order valence-electron chi connectivity index (χ1n) is 12.1. The van der Waals surface area contributed by atoms with E-state index < -0.39 is 4.92 Å². The zero-order valence-electron chi connectivity index (χ0n) is 19.5. The second-order valence-electron chi connectivity index (χ2n) is 9.50. The van der Waals surface area contributed by atoms with E-state index in [-0.39, 0.29) is 29.6 Å². The van der Waals surface area contributed by atoms with Crippen LogP contribution in [0.4, 0.5) is 11.4 Å². The fourth-order valence-corrected chi connectivity index (χ4v) is 5.41. The number of nitrogens with zero attached hydrogens (tertiary/aromatic N) is 4. The number of carbonyl (C=O) groups is 2. The van der Waals surface area contributed by atoms with E-state index in [1.807, 2.05) is 21.9 Å². The molecule has 1 saturated carbocycles. The van der Waals surface area contributed by atoms with Gasteiger partial charge in [0.05, 0.1) is 11.0 Å². The molecule has 0 N–H and O–H groups in total. The number of aryl methyl sites for hydroxylation is 1. The average Bonchev–Trinajstić information content (AvgIpc) is 3.69. The lowest BCUT2D eigenvalue weighted by atomic mass is 9.86. The van der Waals surface area contributed by atoms with Crippen molar-refractivity contribution in [3.8, 4) is 0 Å². The largest absolute Gasteiger partial charge is 0.362 e. The molecular formula is C26H30N4O4. The monoisotopic (exact) mass is 462 g/mol. The fourth-order valence-electron chi connectivity index (χ4n) is 5.41. The van der Waals surface area contributed by atoms with Crippen LogP contribution in [0.15, 0.2) is 42.5 Å². The lowest BCUT2D eigenvalue weighted by Gasteiger charge is -2.37. The summed E-state index contributed by atoms with van der Waals surface area (Å²) < 4.78 is 0. The number of benzene rings is 2. The van der Waals surface area contributed by atoms with Crippen LogP contribution in [0.1, 0.15) is 60.1 Å². The minimum atomic E-state index is -0.402. The Morgan fingerprint density at radius 1 is 1.03 bits per heavy atom. The number of hydrogen-bond donors (Lipinski definition) is 0. The molecular weight excluding hydrogens is 432 g/mol. The summed E-state index contributed by atoms with van der Waals surface area (Å²) in [5.74, 6) is -0.111. The van der Waals surface area contributed by atoms with Gasteiger partial charge in [-0.3, -0.25) is 19.7 Å². The highest BCUT2D eigenvalue weighted by Crippen LogP contribution is 2.42. The predicted octanol–water partition coefficient (Wildman–Crippen LogP) is 3.95. The van der Waals surface area contributed by atoms with Crippen LogP contribution in [-0.2, 0) is 11.2 Å². The molecule has 3 aliphatic rings. The Hall–Kier alpha value is -3.42. The van der Waals surface area contributed by atoms with Crippen molar-refractivity contribution in [2.45, 2.75) is 51.1 Å². The van der Waals surface area contributed by atoms with Gasteiger partial charge in [-0.2, -0.15) is 0 Å². The van der Waals surface area contributed by atoms with Crippen LogP contribution in [0.25, 0.3) is 0 Å². The molecule has 34 heavy (non-hydrogen) atoms. The van der Waals surface area contributed by atoms with Gasteiger partial charge in [-0.15, -0.1) is 0 Å². The summed E-state index contributed by atoms with van der Waals surface area (Å²) in [6, 6.07) is 13.4. The van der Waals surface area contributed by atoms with Crippen molar-refractivity contribution < 1.29 is 14.5 Å². The Morgan fingerprint density at radius 2 is 1.76 bits per heavy atom. The quantitative estimate of drug-likeness (QED) is 0.496. The van der Waals surface area contributed by atoms with E-state index in [2.05, 4.69) is 12.1 Å². The van der Waals surface area contributed by atoms with E-state index >= 15 is 0 Å². The van der Waals surface area contributed by atoms with Gasteiger partial charge in [-0.05, 0) is 55.4 Å². The Morgan fingerprint density at radius 3 is 2.44 bits per heavy atom. The maximum absolute atomic E-state index is 13.8. The number of anilines is 1. The van der Waals surface area contributed by atoms with Crippen LogP contribution >= 0.6 is 0 Å². The van der Waals surface area contributed by atoms with Crippen LogP contribution in [0.2, 0.25) is 0 Å². The van der Waals surface area contributed by atoms with Gasteiger partial charge in [0.15, 0.2) is 0 Å². The SMILES string of the molecule is CC(=O)N1CCN(c2ccc(C(=O)N(C3CC3)C3CCCc4ccccc43)cc2[N+](=O)[O-])CC1. The van der Waals surface area contributed by atoms with Crippen molar-refractivity contribution in [1.29, 1.82) is 0 Å². The minimum absolute atomic E-state index is 0.0135. The molecule has 8 heteroatoms. The van der Waals surface area contributed by atoms with Gasteiger partial charge in [0.25, 0.3) is 11.6 Å². The molecule has 8 nitrogen and oxygen atoms in total. The molecule has 1 unspecified atom stereocenters. The number of nitro groups is 1. The summed E-state index contributed by atoms with van der Waals surface area (Å²) in [5.41, 5.74) is 3.33. The first-order chi connectivity index (χ1) is 16.4. The topological polar surface area (TPSA) is 87.0 Å². The Balaban J connectivity index is 1.43. The molecule has 2 aromatic rings. The molecule has 2 amide bonds. The number of nitro benzene ring substituents is 1. The third-order valence-electron chi connectivity index (χ3n) is 7.33. The van der Waals surface area contributed by atoms with E-state index in [9.17, 15) is 19.7 Å². The molecule has 0 bridgehead atoms. The standard InChI is InChI=1S/C26H30N4O4/c1-18(31)27-13-15-28(16-14-27)24-12-9-20(17-25(24)30(33)34)26(32)29(21-10-11-21)23-8-4-6-19-5-2-3-7-22(19)23/h2-3,5,7,9,12,17,21,23H,4,6,8,10-11,13-16H2,1H3. The third-order valence-corrected chi connectivity index (χ3v) is 7.33. The van der Waals surface area contributed by atoms with Crippen molar-refractivity contribution in [3.63, 3.8) is 0 Å². The van der Waals surface area contributed by atoms with Crippen LogP contribution < -0.4 is 4.90 Å². The van der Waals surface area contributed by atoms with Crippen molar-refractivity contribution in [3.05, 3.63) is 69.3 Å². The molecule has 2 aromatic carbocycles. The summed E-state index contributed by atoms with van der Waals surface area (Å²) in [4.78, 5) is 42.6. The van der Waals surface area contributed by atoms with E-state index in [0.29, 0.717) is 37.4 Å². The zero-order valence-corrected chi connectivity index (χ0v) is 19.5. The molecule has 1 atom stereocenters. The van der Waals surface area contributed by atoms with Crippen LogP contribution in [0.3, 0.4) is 0 Å². The van der Waals surface area contributed by atoms with Gasteiger partial charge in [0, 0.05) is 50.8 Å². The summed E-state index contributed by atoms with van der Waals surface area (Å²) in [6.07, 6.45) is 4.93. The van der Waals surface area contributed by atoms with E-state index in [4.69, 9.17) is 0 Å².